The third kappa shape index (κ3) is 5.83. The predicted molar refractivity (Wildman–Crippen MR) is 170 cm³/mol. The molecule has 44 heavy (non-hydrogen) atoms. The highest BCUT2D eigenvalue weighted by atomic mass is 16.5. The average Bonchev–Trinajstić information content (AvgIpc) is 3.76. The molecule has 1 saturated heterocycles. The van der Waals surface area contributed by atoms with Crippen molar-refractivity contribution < 1.29 is 14.3 Å². The van der Waals surface area contributed by atoms with Crippen LogP contribution in [0, 0.1) is 0 Å². The molecule has 7 rings (SSSR count). The Morgan fingerprint density at radius 3 is 2.75 bits per heavy atom. The molecule has 11 heteroatoms. The molecule has 5 heterocycles. The monoisotopic (exact) mass is 588 g/mol. The summed E-state index contributed by atoms with van der Waals surface area (Å²) in [5.41, 5.74) is 5.22. The van der Waals surface area contributed by atoms with Crippen molar-refractivity contribution in [2.24, 2.45) is 0 Å². The van der Waals surface area contributed by atoms with Crippen molar-refractivity contribution in [2.45, 2.75) is 6.54 Å². The van der Waals surface area contributed by atoms with E-state index in [1.165, 1.54) is 11.9 Å². The number of hydrogen-bond acceptors (Lipinski definition) is 7. The average molecular weight is 589 g/mol. The quantitative estimate of drug-likeness (QED) is 0.191. The van der Waals surface area contributed by atoms with Crippen molar-refractivity contribution in [1.82, 2.24) is 29.7 Å². The molecule has 0 atom stereocenters. The number of rotatable bonds is 9. The molecule has 2 aliphatic rings. The van der Waals surface area contributed by atoms with E-state index in [1.807, 2.05) is 24.3 Å². The number of carbonyl (C=O) groups excluding carboxylic acids is 2. The molecular formula is C33H32N8O3. The minimum Gasteiger partial charge on any atom is -0.379 e. The van der Waals surface area contributed by atoms with Crippen molar-refractivity contribution in [2.75, 3.05) is 50.0 Å². The van der Waals surface area contributed by atoms with Gasteiger partial charge >= 0.3 is 0 Å². The van der Waals surface area contributed by atoms with Crippen molar-refractivity contribution in [3.8, 4) is 0 Å². The van der Waals surface area contributed by atoms with E-state index < -0.39 is 0 Å². The molecule has 2 amide bonds. The molecule has 1 fully saturated rings. The zero-order valence-electron chi connectivity index (χ0n) is 24.0. The van der Waals surface area contributed by atoms with Gasteiger partial charge in [-0.2, -0.15) is 0 Å². The number of aromatic amines is 1. The van der Waals surface area contributed by atoms with Gasteiger partial charge in [0.15, 0.2) is 0 Å². The summed E-state index contributed by atoms with van der Waals surface area (Å²) in [4.78, 5) is 39.9. The molecule has 11 nitrogen and oxygen atoms in total. The Hall–Kier alpha value is -5.26. The van der Waals surface area contributed by atoms with Gasteiger partial charge in [-0.15, -0.1) is 0 Å². The van der Waals surface area contributed by atoms with E-state index in [4.69, 9.17) is 4.74 Å². The van der Waals surface area contributed by atoms with Gasteiger partial charge in [-0.05, 0) is 48.0 Å². The third-order valence-corrected chi connectivity index (χ3v) is 7.89. The second-order valence-corrected chi connectivity index (χ2v) is 10.8. The zero-order chi connectivity index (χ0) is 29.9. The summed E-state index contributed by atoms with van der Waals surface area (Å²) in [6.45, 7) is 5.29. The minimum absolute atomic E-state index is 0.196. The smallest absolute Gasteiger partial charge is 0.267 e. The van der Waals surface area contributed by atoms with Crippen LogP contribution in [0.15, 0.2) is 79.3 Å². The van der Waals surface area contributed by atoms with Gasteiger partial charge in [0.2, 0.25) is 0 Å². The highest BCUT2D eigenvalue weighted by Gasteiger charge is 2.29. The lowest BCUT2D eigenvalue weighted by Crippen LogP contribution is -2.41. The summed E-state index contributed by atoms with van der Waals surface area (Å²) in [6, 6.07) is 22.1. The van der Waals surface area contributed by atoms with Crippen LogP contribution in [0.5, 0.6) is 0 Å². The number of amides is 2. The molecule has 0 aliphatic carbocycles. The molecule has 3 aromatic heterocycles. The molecule has 2 aromatic carbocycles. The van der Waals surface area contributed by atoms with Crippen molar-refractivity contribution in [3.05, 3.63) is 102 Å². The number of fused-ring (bicyclic) bond motifs is 2. The highest BCUT2D eigenvalue weighted by molar-refractivity contribution is 6.35. The molecule has 0 bridgehead atoms. The maximum atomic E-state index is 13.0. The Morgan fingerprint density at radius 2 is 1.89 bits per heavy atom. The van der Waals surface area contributed by atoms with Crippen LogP contribution in [-0.2, 0) is 16.1 Å². The number of nitrogens with zero attached hydrogens (tertiary/aromatic N) is 4. The number of nitrogens with one attached hydrogen (secondary N) is 4. The van der Waals surface area contributed by atoms with Crippen LogP contribution in [-0.4, -0.2) is 75.6 Å². The summed E-state index contributed by atoms with van der Waals surface area (Å²) >= 11 is 0. The van der Waals surface area contributed by atoms with Gasteiger partial charge in [0.25, 0.3) is 11.8 Å². The molecule has 4 N–H and O–H groups in total. The van der Waals surface area contributed by atoms with E-state index in [9.17, 15) is 9.59 Å². The first-order valence-electron chi connectivity index (χ1n) is 14.7. The number of H-pyrrole nitrogens is 1. The second-order valence-electron chi connectivity index (χ2n) is 10.8. The fourth-order valence-electron chi connectivity index (χ4n) is 5.62. The van der Waals surface area contributed by atoms with Gasteiger partial charge in [-0.1, -0.05) is 30.3 Å². The lowest BCUT2D eigenvalue weighted by Gasteiger charge is -2.26. The van der Waals surface area contributed by atoms with Crippen LogP contribution in [0.3, 0.4) is 0 Å². The van der Waals surface area contributed by atoms with Gasteiger partial charge in [0, 0.05) is 61.2 Å². The fourth-order valence-corrected chi connectivity index (χ4v) is 5.62. The van der Waals surface area contributed by atoms with E-state index in [2.05, 4.69) is 76.9 Å². The van der Waals surface area contributed by atoms with Gasteiger partial charge in [-0.25, -0.2) is 9.97 Å². The van der Waals surface area contributed by atoms with Crippen LogP contribution < -0.4 is 16.0 Å². The van der Waals surface area contributed by atoms with Gasteiger partial charge in [0.1, 0.15) is 23.7 Å². The molecular weight excluding hydrogens is 556 g/mol. The summed E-state index contributed by atoms with van der Waals surface area (Å²) in [6.07, 6.45) is 5.22. The van der Waals surface area contributed by atoms with E-state index in [0.29, 0.717) is 40.7 Å². The Bertz CT molecular complexity index is 1850. The van der Waals surface area contributed by atoms with E-state index in [0.717, 1.165) is 56.0 Å². The van der Waals surface area contributed by atoms with Gasteiger partial charge in [0.05, 0.1) is 24.4 Å². The number of aromatic nitrogens is 4. The molecule has 0 saturated carbocycles. The van der Waals surface area contributed by atoms with Crippen molar-refractivity contribution in [3.63, 3.8) is 0 Å². The molecule has 222 valence electrons. The molecule has 0 spiro atoms. The van der Waals surface area contributed by atoms with Crippen molar-refractivity contribution in [1.29, 1.82) is 0 Å². The Labute approximate surface area is 254 Å². The first-order chi connectivity index (χ1) is 21.6. The van der Waals surface area contributed by atoms with Crippen molar-refractivity contribution >= 4 is 51.7 Å². The number of hydrogen-bond donors (Lipinski definition) is 4. The SMILES string of the molecule is O=C1Nc2ncnc(Nc3ccc4c(ccn4Cc4ccccc4)c3)c2/C1=C/c1ccc(C(=O)NCCN2CCOCC2)[nH]1. The molecule has 2 aliphatic heterocycles. The highest BCUT2D eigenvalue weighted by Crippen LogP contribution is 2.37. The number of ether oxygens (including phenoxy) is 1. The molecule has 0 unspecified atom stereocenters. The summed E-state index contributed by atoms with van der Waals surface area (Å²) in [5, 5.41) is 10.3. The third-order valence-electron chi connectivity index (χ3n) is 7.89. The predicted octanol–water partition coefficient (Wildman–Crippen LogP) is 4.11. The second kappa shape index (κ2) is 12.2. The maximum absolute atomic E-state index is 13.0. The Balaban J connectivity index is 1.07. The van der Waals surface area contributed by atoms with Crippen LogP contribution in [0.1, 0.15) is 27.3 Å². The van der Waals surface area contributed by atoms with E-state index in [1.54, 1.807) is 18.2 Å². The standard InChI is InChI=1S/C33H32N8O3/c42-32-26(19-25-6-8-27(37-25)33(43)34-11-13-40-14-16-44-17-15-40)29-30(35-21-36-31(29)39-32)38-24-7-9-28-23(18-24)10-12-41(28)20-22-4-2-1-3-5-22/h1-10,12,18-19,21,37H,11,13-17,20H2,(H,34,43)(H2,35,36,38,39,42)/b26-19-. The largest absolute Gasteiger partial charge is 0.379 e. The first kappa shape index (κ1) is 27.6. The van der Waals surface area contributed by atoms with Gasteiger partial charge < -0.3 is 30.2 Å². The summed E-state index contributed by atoms with van der Waals surface area (Å²) < 4.78 is 7.59. The molecule has 0 radical (unpaired) electrons. The zero-order valence-corrected chi connectivity index (χ0v) is 24.0. The molecule has 5 aromatic rings. The van der Waals surface area contributed by atoms with Gasteiger partial charge in [-0.3, -0.25) is 14.5 Å². The van der Waals surface area contributed by atoms with E-state index in [-0.39, 0.29) is 11.8 Å². The first-order valence-corrected chi connectivity index (χ1v) is 14.7. The normalized spacial score (nSPS) is 15.8. The van der Waals surface area contributed by atoms with Crippen LogP contribution in [0.25, 0.3) is 22.6 Å². The lowest BCUT2D eigenvalue weighted by molar-refractivity contribution is -0.110. The van der Waals surface area contributed by atoms with E-state index >= 15 is 0 Å². The van der Waals surface area contributed by atoms with Crippen LogP contribution >= 0.6 is 0 Å². The summed E-state index contributed by atoms with van der Waals surface area (Å²) in [7, 11) is 0. The Kier molecular flexibility index (Phi) is 7.61. The number of carbonyl (C=O) groups is 2. The minimum atomic E-state index is -0.289. The summed E-state index contributed by atoms with van der Waals surface area (Å²) in [5.74, 6) is 0.456. The Morgan fingerprint density at radius 1 is 1.02 bits per heavy atom. The fraction of sp³-hybridized carbons (Fsp3) is 0.212. The number of morpholine rings is 1. The van der Waals surface area contributed by atoms with Crippen LogP contribution in [0.2, 0.25) is 0 Å². The number of benzene rings is 2. The maximum Gasteiger partial charge on any atom is 0.267 e. The van der Waals surface area contributed by atoms with Crippen LogP contribution in [0.4, 0.5) is 17.3 Å². The topological polar surface area (TPSA) is 129 Å². The number of anilines is 3. The lowest BCUT2D eigenvalue weighted by atomic mass is 10.1.